The third-order valence-electron chi connectivity index (χ3n) is 2.52. The van der Waals surface area contributed by atoms with Crippen LogP contribution in [0.4, 0.5) is 0 Å². The van der Waals surface area contributed by atoms with Gasteiger partial charge in [0.1, 0.15) is 22.6 Å². The maximum Gasteiger partial charge on any atom is 0.339 e. The summed E-state index contributed by atoms with van der Waals surface area (Å²) < 4.78 is 2.70. The second kappa shape index (κ2) is 11.4. The second-order valence-electron chi connectivity index (χ2n) is 4.18. The topological polar surface area (TPSA) is 115 Å². The summed E-state index contributed by atoms with van der Waals surface area (Å²) in [6, 6.07) is 6.28. The molecule has 0 aliphatic heterocycles. The number of carboxylic acid groups (broad SMARTS) is 2. The van der Waals surface area contributed by atoms with Crippen molar-refractivity contribution in [2.75, 3.05) is 0 Å². The SMILES string of the molecule is O=C(O)c1cc(I)cc(I)c1O.O=C(O)c1cc(I)cc(I)c1O.[Zn]. The molecule has 6 nitrogen and oxygen atoms in total. The van der Waals surface area contributed by atoms with Gasteiger partial charge in [0.25, 0.3) is 0 Å². The molecule has 2 aromatic rings. The molecule has 25 heavy (non-hydrogen) atoms. The van der Waals surface area contributed by atoms with Gasteiger partial charge in [0, 0.05) is 26.6 Å². The molecule has 0 radical (unpaired) electrons. The zero-order valence-electron chi connectivity index (χ0n) is 12.1. The van der Waals surface area contributed by atoms with E-state index < -0.39 is 11.9 Å². The molecule has 2 aromatic carbocycles. The minimum atomic E-state index is -1.11. The average molecular weight is 845 g/mol. The Labute approximate surface area is 210 Å². The molecule has 0 aliphatic carbocycles. The first-order chi connectivity index (χ1) is 11.0. The Balaban J connectivity index is 0.000000443. The predicted molar refractivity (Wildman–Crippen MR) is 121 cm³/mol. The van der Waals surface area contributed by atoms with Crippen LogP contribution in [0, 0.1) is 14.3 Å². The van der Waals surface area contributed by atoms with Gasteiger partial charge in [-0.05, 0) is 115 Å². The monoisotopic (exact) mass is 844 g/mol. The number of benzene rings is 2. The van der Waals surface area contributed by atoms with E-state index in [1.165, 1.54) is 12.1 Å². The smallest absolute Gasteiger partial charge is 0.339 e. The van der Waals surface area contributed by atoms with Gasteiger partial charge in [-0.3, -0.25) is 0 Å². The van der Waals surface area contributed by atoms with Crippen molar-refractivity contribution < 1.29 is 49.5 Å². The predicted octanol–water partition coefficient (Wildman–Crippen LogP) is 4.60. The van der Waals surface area contributed by atoms with Crippen LogP contribution in [0.3, 0.4) is 0 Å². The molecular formula is C14H8I4O6Zn. The van der Waals surface area contributed by atoms with Crippen molar-refractivity contribution in [2.24, 2.45) is 0 Å². The van der Waals surface area contributed by atoms with Gasteiger partial charge >= 0.3 is 11.9 Å². The normalized spacial score (nSPS) is 9.44. The molecule has 0 bridgehead atoms. The molecule has 0 amide bonds. The van der Waals surface area contributed by atoms with E-state index in [0.29, 0.717) is 7.14 Å². The summed E-state index contributed by atoms with van der Waals surface area (Å²) in [6.45, 7) is 0. The number of hydrogen-bond donors (Lipinski definition) is 4. The van der Waals surface area contributed by atoms with E-state index in [1.807, 2.05) is 90.4 Å². The fourth-order valence-corrected chi connectivity index (χ4v) is 5.15. The van der Waals surface area contributed by atoms with Gasteiger partial charge in [0.05, 0.1) is 7.14 Å². The standard InChI is InChI=1S/2C7H4I2O3.Zn/c2*8-3-1-4(7(11)12)6(10)5(9)2-3;/h2*1-2,10H,(H,11,12);. The molecule has 0 spiro atoms. The third kappa shape index (κ3) is 7.58. The number of aromatic hydroxyl groups is 2. The number of rotatable bonds is 2. The Morgan fingerprint density at radius 3 is 1.20 bits per heavy atom. The summed E-state index contributed by atoms with van der Waals surface area (Å²) in [7, 11) is 0. The first-order valence-electron chi connectivity index (χ1n) is 5.87. The molecule has 0 unspecified atom stereocenters. The van der Waals surface area contributed by atoms with Crippen LogP contribution in [-0.4, -0.2) is 32.4 Å². The zero-order valence-corrected chi connectivity index (χ0v) is 23.7. The molecule has 0 saturated carbocycles. The Morgan fingerprint density at radius 1 is 0.680 bits per heavy atom. The molecule has 0 aromatic heterocycles. The van der Waals surface area contributed by atoms with E-state index in [9.17, 15) is 19.8 Å². The van der Waals surface area contributed by atoms with E-state index in [-0.39, 0.29) is 42.1 Å². The van der Waals surface area contributed by atoms with Crippen molar-refractivity contribution in [3.8, 4) is 11.5 Å². The van der Waals surface area contributed by atoms with Crippen LogP contribution in [0.2, 0.25) is 0 Å². The van der Waals surface area contributed by atoms with Crippen molar-refractivity contribution >= 4 is 102 Å². The summed E-state index contributed by atoms with van der Waals surface area (Å²) in [4.78, 5) is 21.1. The van der Waals surface area contributed by atoms with Crippen molar-refractivity contribution in [3.63, 3.8) is 0 Å². The molecular weight excluding hydrogens is 837 g/mol. The second-order valence-corrected chi connectivity index (χ2v) is 8.99. The van der Waals surface area contributed by atoms with Gasteiger partial charge in [-0.2, -0.15) is 0 Å². The molecule has 0 saturated heterocycles. The van der Waals surface area contributed by atoms with E-state index >= 15 is 0 Å². The van der Waals surface area contributed by atoms with Gasteiger partial charge in [-0.1, -0.05) is 0 Å². The summed E-state index contributed by atoms with van der Waals surface area (Å²) in [5.41, 5.74) is -0.0994. The van der Waals surface area contributed by atoms with Crippen molar-refractivity contribution in [3.05, 3.63) is 49.7 Å². The van der Waals surface area contributed by atoms with E-state index in [1.54, 1.807) is 12.1 Å². The van der Waals surface area contributed by atoms with Gasteiger partial charge in [-0.25, -0.2) is 9.59 Å². The molecule has 4 N–H and O–H groups in total. The summed E-state index contributed by atoms with van der Waals surface area (Å²) >= 11 is 7.79. The van der Waals surface area contributed by atoms with Crippen molar-refractivity contribution in [2.45, 2.75) is 0 Å². The largest absolute Gasteiger partial charge is 0.506 e. The first-order valence-corrected chi connectivity index (χ1v) is 10.2. The zero-order chi connectivity index (χ0) is 18.6. The molecule has 130 valence electrons. The van der Waals surface area contributed by atoms with Crippen LogP contribution >= 0.6 is 90.4 Å². The number of halogens is 4. The Hall–Kier alpha value is 0.523. The molecule has 0 aliphatic rings. The van der Waals surface area contributed by atoms with Crippen LogP contribution in [0.15, 0.2) is 24.3 Å². The van der Waals surface area contributed by atoms with Gasteiger partial charge < -0.3 is 20.4 Å². The minimum Gasteiger partial charge on any atom is -0.506 e. The molecule has 0 atom stereocenters. The van der Waals surface area contributed by atoms with E-state index in [0.717, 1.165) is 7.14 Å². The molecule has 2 rings (SSSR count). The van der Waals surface area contributed by atoms with Crippen LogP contribution in [0.1, 0.15) is 20.7 Å². The number of carboxylic acids is 2. The first kappa shape index (κ1) is 25.5. The summed E-state index contributed by atoms with van der Waals surface area (Å²) in [5, 5.41) is 35.9. The van der Waals surface area contributed by atoms with Crippen LogP contribution in [0.25, 0.3) is 0 Å². The molecule has 0 heterocycles. The average Bonchev–Trinajstić information content (AvgIpc) is 2.46. The maximum absolute atomic E-state index is 10.6. The van der Waals surface area contributed by atoms with Crippen molar-refractivity contribution in [1.82, 2.24) is 0 Å². The maximum atomic E-state index is 10.6. The number of phenols is 2. The summed E-state index contributed by atoms with van der Waals surface area (Å²) in [5.74, 6) is -2.54. The van der Waals surface area contributed by atoms with Crippen molar-refractivity contribution in [1.29, 1.82) is 0 Å². The Kier molecular flexibility index (Phi) is 11.6. The minimum absolute atomic E-state index is 0. The number of hydrogen-bond acceptors (Lipinski definition) is 4. The number of carbonyl (C=O) groups is 2. The van der Waals surface area contributed by atoms with E-state index in [4.69, 9.17) is 10.2 Å². The third-order valence-corrected chi connectivity index (χ3v) is 5.41. The quantitative estimate of drug-likeness (QED) is 0.260. The fraction of sp³-hybridized carbons (Fsp3) is 0. The van der Waals surface area contributed by atoms with Crippen LogP contribution in [0.5, 0.6) is 11.5 Å². The van der Waals surface area contributed by atoms with Gasteiger partial charge in [0.2, 0.25) is 0 Å². The van der Waals surface area contributed by atoms with Gasteiger partial charge in [-0.15, -0.1) is 0 Å². The Bertz CT molecular complexity index is 745. The van der Waals surface area contributed by atoms with Crippen LogP contribution in [-0.2, 0) is 19.5 Å². The molecule has 11 heteroatoms. The fourth-order valence-electron chi connectivity index (χ4n) is 1.46. The number of aromatic carboxylic acids is 2. The van der Waals surface area contributed by atoms with E-state index in [2.05, 4.69) is 0 Å². The summed E-state index contributed by atoms with van der Waals surface area (Å²) in [6.07, 6.45) is 0. The van der Waals surface area contributed by atoms with Crippen LogP contribution < -0.4 is 0 Å². The molecule has 0 fully saturated rings. The Morgan fingerprint density at radius 2 is 0.960 bits per heavy atom. The van der Waals surface area contributed by atoms with Gasteiger partial charge in [0.15, 0.2) is 0 Å².